The third-order valence-electron chi connectivity index (χ3n) is 3.26. The zero-order valence-electron chi connectivity index (χ0n) is 13.1. The molecule has 0 amide bonds. The van der Waals surface area contributed by atoms with E-state index in [1.807, 2.05) is 0 Å². The predicted molar refractivity (Wildman–Crippen MR) is 79.7 cm³/mol. The predicted octanol–water partition coefficient (Wildman–Crippen LogP) is 1.38. The van der Waals surface area contributed by atoms with Crippen molar-refractivity contribution in [1.29, 1.82) is 0 Å². The van der Waals surface area contributed by atoms with E-state index in [4.69, 9.17) is 14.2 Å². The van der Waals surface area contributed by atoms with E-state index in [9.17, 15) is 13.2 Å². The van der Waals surface area contributed by atoms with Gasteiger partial charge in [-0.2, -0.15) is 0 Å². The van der Waals surface area contributed by atoms with Crippen LogP contribution in [0.4, 0.5) is 0 Å². The van der Waals surface area contributed by atoms with Gasteiger partial charge in [-0.25, -0.2) is 13.1 Å². The molecule has 1 N–H and O–H groups in total. The van der Waals surface area contributed by atoms with Crippen molar-refractivity contribution < 1.29 is 27.4 Å². The van der Waals surface area contributed by atoms with Gasteiger partial charge in [0.2, 0.25) is 10.0 Å². The quantitative estimate of drug-likeness (QED) is 0.663. The highest BCUT2D eigenvalue weighted by Crippen LogP contribution is 2.49. The maximum Gasteiger partial charge on any atom is 0.308 e. The van der Waals surface area contributed by atoms with Crippen molar-refractivity contribution in [2.24, 2.45) is 0 Å². The zero-order chi connectivity index (χ0) is 16.7. The van der Waals surface area contributed by atoms with Crippen molar-refractivity contribution in [2.75, 3.05) is 13.4 Å². The number of carbonyl (C=O) groups excluding carboxylic acids is 1. The van der Waals surface area contributed by atoms with Crippen LogP contribution in [0.3, 0.4) is 0 Å². The first-order valence-corrected chi connectivity index (χ1v) is 8.49. The lowest BCUT2D eigenvalue weighted by Crippen LogP contribution is -2.41. The Labute approximate surface area is 129 Å². The average Bonchev–Trinajstić information content (AvgIpc) is 2.57. The Bertz CT molecular complexity index is 710. The van der Waals surface area contributed by atoms with Gasteiger partial charge in [-0.3, -0.25) is 4.79 Å². The molecule has 8 heteroatoms. The zero-order valence-corrected chi connectivity index (χ0v) is 13.9. The normalized spacial score (nSPS) is 19.2. The molecule has 1 aromatic rings. The third-order valence-corrected chi connectivity index (χ3v) is 3.92. The van der Waals surface area contributed by atoms with Gasteiger partial charge in [-0.15, -0.1) is 0 Å². The van der Waals surface area contributed by atoms with Crippen molar-refractivity contribution in [3.05, 3.63) is 17.7 Å². The van der Waals surface area contributed by atoms with Crippen molar-refractivity contribution in [2.45, 2.75) is 32.4 Å². The molecule has 0 fully saturated rings. The van der Waals surface area contributed by atoms with Gasteiger partial charge in [0.15, 0.2) is 0 Å². The van der Waals surface area contributed by atoms with Crippen molar-refractivity contribution in [1.82, 2.24) is 4.72 Å². The van der Waals surface area contributed by atoms with E-state index < -0.39 is 27.6 Å². The summed E-state index contributed by atoms with van der Waals surface area (Å²) in [6.07, 6.45) is 1.07. The SMILES string of the molecule is COc1cc(OC(C)=O)c2c(c1)OC(C)(C)C2NS(C)(=O)=O. The van der Waals surface area contributed by atoms with Gasteiger partial charge < -0.3 is 14.2 Å². The Morgan fingerprint density at radius 2 is 2.00 bits per heavy atom. The number of benzene rings is 1. The van der Waals surface area contributed by atoms with Crippen LogP contribution in [-0.4, -0.2) is 33.4 Å². The number of nitrogens with one attached hydrogen (secondary N) is 1. The molecule has 1 aliphatic rings. The number of ether oxygens (including phenoxy) is 3. The summed E-state index contributed by atoms with van der Waals surface area (Å²) in [7, 11) is -2.01. The highest BCUT2D eigenvalue weighted by atomic mass is 32.2. The molecule has 7 nitrogen and oxygen atoms in total. The molecule has 122 valence electrons. The Morgan fingerprint density at radius 3 is 2.50 bits per heavy atom. The van der Waals surface area contributed by atoms with Crippen LogP contribution in [0.5, 0.6) is 17.2 Å². The van der Waals surface area contributed by atoms with Gasteiger partial charge in [0.25, 0.3) is 0 Å². The molecule has 2 rings (SSSR count). The largest absolute Gasteiger partial charge is 0.496 e. The minimum Gasteiger partial charge on any atom is -0.496 e. The van der Waals surface area contributed by atoms with E-state index in [1.165, 1.54) is 20.1 Å². The van der Waals surface area contributed by atoms with Crippen LogP contribution in [-0.2, 0) is 14.8 Å². The van der Waals surface area contributed by atoms with Crippen LogP contribution >= 0.6 is 0 Å². The maximum atomic E-state index is 11.6. The number of carbonyl (C=O) groups is 1. The summed E-state index contributed by atoms with van der Waals surface area (Å²) >= 11 is 0. The number of hydrogen-bond donors (Lipinski definition) is 1. The fourth-order valence-electron chi connectivity index (χ4n) is 2.41. The minimum atomic E-state index is -3.48. The minimum absolute atomic E-state index is 0.216. The second-order valence-corrected chi connectivity index (χ2v) is 7.44. The Hall–Kier alpha value is -1.80. The number of rotatable bonds is 4. The molecule has 1 unspecified atom stereocenters. The summed E-state index contributed by atoms with van der Waals surface area (Å²) < 4.78 is 42.0. The van der Waals surface area contributed by atoms with Gasteiger partial charge in [-0.05, 0) is 13.8 Å². The van der Waals surface area contributed by atoms with Gasteiger partial charge in [-0.1, -0.05) is 0 Å². The van der Waals surface area contributed by atoms with Crippen molar-refractivity contribution in [3.63, 3.8) is 0 Å². The molecule has 1 aliphatic heterocycles. The number of esters is 1. The molecule has 1 atom stereocenters. The Morgan fingerprint density at radius 1 is 1.36 bits per heavy atom. The maximum absolute atomic E-state index is 11.6. The molecule has 0 spiro atoms. The second-order valence-electron chi connectivity index (χ2n) is 5.66. The lowest BCUT2D eigenvalue weighted by Gasteiger charge is -2.26. The number of fused-ring (bicyclic) bond motifs is 1. The summed E-state index contributed by atoms with van der Waals surface area (Å²) in [6, 6.07) is 2.48. The molecule has 22 heavy (non-hydrogen) atoms. The van der Waals surface area contributed by atoms with Crippen LogP contribution < -0.4 is 18.9 Å². The summed E-state index contributed by atoms with van der Waals surface area (Å²) in [4.78, 5) is 11.3. The molecule has 0 saturated heterocycles. The fourth-order valence-corrected chi connectivity index (χ4v) is 3.24. The van der Waals surface area contributed by atoms with Crippen LogP contribution in [0.15, 0.2) is 12.1 Å². The van der Waals surface area contributed by atoms with Gasteiger partial charge in [0.1, 0.15) is 22.8 Å². The summed E-state index contributed by atoms with van der Waals surface area (Å²) in [5.74, 6) is 0.569. The molecule has 0 aromatic heterocycles. The van der Waals surface area contributed by atoms with Crippen molar-refractivity contribution >= 4 is 16.0 Å². The Kier molecular flexibility index (Phi) is 4.09. The fraction of sp³-hybridized carbons (Fsp3) is 0.500. The van der Waals surface area contributed by atoms with E-state index in [-0.39, 0.29) is 5.75 Å². The summed E-state index contributed by atoms with van der Waals surface area (Å²) in [5, 5.41) is 0. The van der Waals surface area contributed by atoms with E-state index in [0.29, 0.717) is 17.1 Å². The Balaban J connectivity index is 2.60. The molecule has 0 radical (unpaired) electrons. The number of methoxy groups -OCH3 is 1. The van der Waals surface area contributed by atoms with E-state index >= 15 is 0 Å². The number of hydrogen-bond acceptors (Lipinski definition) is 6. The van der Waals surface area contributed by atoms with Crippen LogP contribution in [0.2, 0.25) is 0 Å². The van der Waals surface area contributed by atoms with E-state index in [0.717, 1.165) is 6.26 Å². The third kappa shape index (κ3) is 3.33. The first-order valence-electron chi connectivity index (χ1n) is 6.60. The summed E-state index contributed by atoms with van der Waals surface area (Å²) in [5.41, 5.74) is -0.362. The van der Waals surface area contributed by atoms with Gasteiger partial charge >= 0.3 is 5.97 Å². The molecule has 1 heterocycles. The molecule has 0 aliphatic carbocycles. The van der Waals surface area contributed by atoms with Crippen LogP contribution in [0.25, 0.3) is 0 Å². The standard InChI is InChI=1S/C14H19NO6S/c1-8(16)20-10-6-9(19-4)7-11-12(10)13(14(2,3)21-11)15-22(5,17)18/h6-7,13,15H,1-5H3. The molecule has 0 bridgehead atoms. The number of sulfonamides is 1. The highest BCUT2D eigenvalue weighted by Gasteiger charge is 2.45. The summed E-state index contributed by atoms with van der Waals surface area (Å²) in [6.45, 7) is 4.77. The first kappa shape index (κ1) is 16.6. The smallest absolute Gasteiger partial charge is 0.308 e. The molecular weight excluding hydrogens is 310 g/mol. The van der Waals surface area contributed by atoms with Gasteiger partial charge in [0, 0.05) is 19.1 Å². The van der Waals surface area contributed by atoms with E-state index in [1.54, 1.807) is 19.9 Å². The van der Waals surface area contributed by atoms with Crippen LogP contribution in [0.1, 0.15) is 32.4 Å². The lowest BCUT2D eigenvalue weighted by molar-refractivity contribution is -0.131. The van der Waals surface area contributed by atoms with Crippen LogP contribution in [0, 0.1) is 0 Å². The van der Waals surface area contributed by atoms with E-state index in [2.05, 4.69) is 4.72 Å². The average molecular weight is 329 g/mol. The molecular formula is C14H19NO6S. The second kappa shape index (κ2) is 5.44. The first-order chi connectivity index (χ1) is 10.0. The van der Waals surface area contributed by atoms with Crippen molar-refractivity contribution in [3.8, 4) is 17.2 Å². The monoisotopic (exact) mass is 329 g/mol. The highest BCUT2D eigenvalue weighted by molar-refractivity contribution is 7.88. The topological polar surface area (TPSA) is 90.9 Å². The molecule has 1 aromatic carbocycles. The molecule has 0 saturated carbocycles. The van der Waals surface area contributed by atoms with Gasteiger partial charge in [0.05, 0.1) is 25.0 Å². The lowest BCUT2D eigenvalue weighted by atomic mass is 9.95.